The van der Waals surface area contributed by atoms with Crippen molar-refractivity contribution < 1.29 is 19.5 Å². The molecule has 0 rings (SSSR count). The fraction of sp³-hybridized carbons (Fsp3) is 1.00. The minimum absolute atomic E-state index is 0.0276. The summed E-state index contributed by atoms with van der Waals surface area (Å²) in [6.45, 7) is 2.52. The zero-order valence-corrected chi connectivity index (χ0v) is 7.92. The van der Waals surface area contributed by atoms with E-state index in [2.05, 4.69) is 4.33 Å². The van der Waals surface area contributed by atoms with Crippen LogP contribution in [0.2, 0.25) is 0 Å². The molecule has 74 valence electrons. The van der Waals surface area contributed by atoms with Crippen molar-refractivity contribution in [2.45, 2.75) is 6.92 Å². The van der Waals surface area contributed by atoms with Crippen LogP contribution in [0.15, 0.2) is 0 Å². The van der Waals surface area contributed by atoms with E-state index >= 15 is 0 Å². The third kappa shape index (κ3) is 6.84. The summed E-state index contributed by atoms with van der Waals surface area (Å²) in [6, 6.07) is 0. The predicted molar refractivity (Wildman–Crippen MR) is 46.0 cm³/mol. The molecule has 2 N–H and O–H groups in total. The van der Waals surface area contributed by atoms with Crippen molar-refractivity contribution in [1.82, 2.24) is 5.06 Å². The summed E-state index contributed by atoms with van der Waals surface area (Å²) in [5.74, 6) is 0.784. The lowest BCUT2D eigenvalue weighted by Gasteiger charge is -2.16. The van der Waals surface area contributed by atoms with Crippen molar-refractivity contribution in [2.75, 3.05) is 32.1 Å². The van der Waals surface area contributed by atoms with E-state index in [0.717, 1.165) is 17.8 Å². The smallest absolute Gasteiger partial charge is 0.0583 e. The second-order valence-electron chi connectivity index (χ2n) is 1.93. The maximum atomic E-state index is 8.55. The molecule has 0 aliphatic rings. The Hall–Kier alpha value is 0.150. The summed E-state index contributed by atoms with van der Waals surface area (Å²) >= 11 is 1.16. The Balaban J connectivity index is 3.34. The van der Waals surface area contributed by atoms with Crippen LogP contribution in [0.25, 0.3) is 0 Å². The summed E-state index contributed by atoms with van der Waals surface area (Å²) in [4.78, 5) is 4.74. The zero-order chi connectivity index (χ0) is 9.23. The number of hydrogen-bond donors (Lipinski definition) is 2. The van der Waals surface area contributed by atoms with Crippen molar-refractivity contribution in [3.63, 3.8) is 0 Å². The van der Waals surface area contributed by atoms with Crippen molar-refractivity contribution in [3.05, 3.63) is 0 Å². The Morgan fingerprint density at radius 2 is 1.83 bits per heavy atom. The standard InChI is InChI=1S/C6H15NO4S/c1-2-12-11-10-7(3-5-8)4-6-9/h8-9H,2-6H2,1H3. The van der Waals surface area contributed by atoms with Crippen molar-refractivity contribution in [2.24, 2.45) is 0 Å². The molecule has 0 bridgehead atoms. The summed E-state index contributed by atoms with van der Waals surface area (Å²) in [5, 5.41) is 18.5. The van der Waals surface area contributed by atoms with Crippen molar-refractivity contribution in [3.8, 4) is 0 Å². The van der Waals surface area contributed by atoms with Gasteiger partial charge >= 0.3 is 0 Å². The average Bonchev–Trinajstić information content (AvgIpc) is 2.06. The largest absolute Gasteiger partial charge is 0.395 e. The van der Waals surface area contributed by atoms with Gasteiger partial charge in [0.1, 0.15) is 0 Å². The van der Waals surface area contributed by atoms with E-state index in [1.54, 1.807) is 0 Å². The van der Waals surface area contributed by atoms with E-state index in [0.29, 0.717) is 13.1 Å². The zero-order valence-electron chi connectivity index (χ0n) is 7.10. The van der Waals surface area contributed by atoms with Gasteiger partial charge < -0.3 is 10.2 Å². The first-order valence-electron chi connectivity index (χ1n) is 3.78. The quantitative estimate of drug-likeness (QED) is 0.243. The van der Waals surface area contributed by atoms with Gasteiger partial charge in [-0.3, -0.25) is 0 Å². The Labute approximate surface area is 76.4 Å². The molecule has 0 amide bonds. The molecule has 5 nitrogen and oxygen atoms in total. The van der Waals surface area contributed by atoms with Gasteiger partial charge in [0.15, 0.2) is 0 Å². The van der Waals surface area contributed by atoms with Gasteiger partial charge in [0, 0.05) is 17.8 Å². The van der Waals surface area contributed by atoms with E-state index in [1.165, 1.54) is 5.06 Å². The second kappa shape index (κ2) is 9.24. The van der Waals surface area contributed by atoms with E-state index in [9.17, 15) is 0 Å². The minimum atomic E-state index is -0.0276. The molecular formula is C6H15NO4S. The molecule has 0 radical (unpaired) electrons. The van der Waals surface area contributed by atoms with Crippen LogP contribution in [-0.2, 0) is 9.32 Å². The Morgan fingerprint density at radius 3 is 2.25 bits per heavy atom. The highest BCUT2D eigenvalue weighted by Gasteiger charge is 2.04. The van der Waals surface area contributed by atoms with Crippen LogP contribution in [0.5, 0.6) is 0 Å². The second-order valence-corrected chi connectivity index (χ2v) is 2.87. The summed E-state index contributed by atoms with van der Waals surface area (Å²) < 4.78 is 4.67. The molecule has 6 heteroatoms. The number of nitrogens with zero attached hydrogens (tertiary/aromatic N) is 1. The number of aliphatic hydroxyl groups excluding tert-OH is 2. The highest BCUT2D eigenvalue weighted by atomic mass is 32.2. The monoisotopic (exact) mass is 197 g/mol. The molecule has 0 saturated carbocycles. The third-order valence-electron chi connectivity index (χ3n) is 1.00. The maximum absolute atomic E-state index is 8.55. The van der Waals surface area contributed by atoms with E-state index < -0.39 is 0 Å². The first-order chi connectivity index (χ1) is 5.85. The Bertz CT molecular complexity index is 89.6. The highest BCUT2D eigenvalue weighted by molar-refractivity contribution is 7.94. The molecule has 0 aromatic carbocycles. The topological polar surface area (TPSA) is 62.2 Å². The fourth-order valence-corrected chi connectivity index (χ4v) is 0.747. The maximum Gasteiger partial charge on any atom is 0.0583 e. The van der Waals surface area contributed by atoms with Crippen LogP contribution in [0, 0.1) is 0 Å². The molecule has 0 atom stereocenters. The van der Waals surface area contributed by atoms with E-state index in [1.807, 2.05) is 6.92 Å². The van der Waals surface area contributed by atoms with Crippen LogP contribution in [0.3, 0.4) is 0 Å². The van der Waals surface area contributed by atoms with Crippen LogP contribution in [0.1, 0.15) is 6.92 Å². The van der Waals surface area contributed by atoms with E-state index in [4.69, 9.17) is 15.2 Å². The number of hydrogen-bond acceptors (Lipinski definition) is 6. The first kappa shape index (κ1) is 12.2. The van der Waals surface area contributed by atoms with Gasteiger partial charge in [0.25, 0.3) is 0 Å². The third-order valence-corrected chi connectivity index (χ3v) is 1.39. The van der Waals surface area contributed by atoms with Crippen LogP contribution < -0.4 is 0 Å². The number of aliphatic hydroxyl groups is 2. The normalized spacial score (nSPS) is 11.0. The van der Waals surface area contributed by atoms with Crippen LogP contribution in [0.4, 0.5) is 0 Å². The lowest BCUT2D eigenvalue weighted by atomic mass is 10.6. The molecule has 0 aromatic heterocycles. The lowest BCUT2D eigenvalue weighted by Crippen LogP contribution is -2.29. The van der Waals surface area contributed by atoms with Crippen LogP contribution >= 0.6 is 12.0 Å². The Morgan fingerprint density at radius 1 is 1.25 bits per heavy atom. The predicted octanol–water partition coefficient (Wildman–Crippen LogP) is -0.196. The van der Waals surface area contributed by atoms with Gasteiger partial charge in [-0.2, -0.15) is 5.06 Å². The van der Waals surface area contributed by atoms with E-state index in [-0.39, 0.29) is 13.2 Å². The van der Waals surface area contributed by atoms with Crippen molar-refractivity contribution >= 4 is 12.0 Å². The molecule has 12 heavy (non-hydrogen) atoms. The van der Waals surface area contributed by atoms with Gasteiger partial charge in [-0.05, 0) is 0 Å². The molecule has 0 fully saturated rings. The fourth-order valence-electron chi connectivity index (χ4n) is 0.522. The molecule has 0 aliphatic heterocycles. The summed E-state index contributed by atoms with van der Waals surface area (Å²) in [5.41, 5.74) is 0. The molecule has 0 spiro atoms. The van der Waals surface area contributed by atoms with Gasteiger partial charge in [-0.1, -0.05) is 6.92 Å². The SMILES string of the molecule is CCSOON(CCO)CCO. The molecule has 0 heterocycles. The average molecular weight is 197 g/mol. The van der Waals surface area contributed by atoms with Crippen LogP contribution in [-0.4, -0.2) is 47.3 Å². The molecule has 0 aromatic rings. The van der Waals surface area contributed by atoms with Gasteiger partial charge in [0.05, 0.1) is 26.3 Å². The minimum Gasteiger partial charge on any atom is -0.395 e. The molecule has 0 aliphatic carbocycles. The highest BCUT2D eigenvalue weighted by Crippen LogP contribution is 2.03. The Kier molecular flexibility index (Phi) is 9.36. The molecule has 0 saturated heterocycles. The lowest BCUT2D eigenvalue weighted by molar-refractivity contribution is -0.362. The van der Waals surface area contributed by atoms with Gasteiger partial charge in [-0.15, -0.1) is 9.32 Å². The van der Waals surface area contributed by atoms with Gasteiger partial charge in [0.2, 0.25) is 0 Å². The summed E-state index contributed by atoms with van der Waals surface area (Å²) in [6.07, 6.45) is 0. The van der Waals surface area contributed by atoms with Crippen molar-refractivity contribution in [1.29, 1.82) is 0 Å². The van der Waals surface area contributed by atoms with Gasteiger partial charge in [-0.25, -0.2) is 0 Å². The molecule has 0 unspecified atom stereocenters. The summed E-state index contributed by atoms with van der Waals surface area (Å²) in [7, 11) is 0. The molecular weight excluding hydrogens is 182 g/mol. The number of rotatable bonds is 8. The first-order valence-corrected chi connectivity index (χ1v) is 4.69. The number of hydroxylamine groups is 2.